The van der Waals surface area contributed by atoms with Gasteiger partial charge in [0.1, 0.15) is 11.5 Å². The van der Waals surface area contributed by atoms with Crippen molar-refractivity contribution in [1.82, 2.24) is 24.6 Å². The summed E-state index contributed by atoms with van der Waals surface area (Å²) < 4.78 is 3.69. The lowest BCUT2D eigenvalue weighted by molar-refractivity contribution is 0.0941. The lowest BCUT2D eigenvalue weighted by Gasteiger charge is -2.24. The second-order valence-electron chi connectivity index (χ2n) is 5.50. The Labute approximate surface area is 128 Å². The Morgan fingerprint density at radius 2 is 2.19 bits per heavy atom. The topological polar surface area (TPSA) is 64.7 Å². The standard InChI is InChI=1S/C14H18ClN5O/c1-19-8-10(15)6-11(19)14(21)16-7-12-17-18-13(20(12)2)9-4-3-5-9/h6,8-9H,3-5,7H2,1-2H3,(H,16,21). The van der Waals surface area contributed by atoms with Gasteiger partial charge in [-0.05, 0) is 18.9 Å². The van der Waals surface area contributed by atoms with Gasteiger partial charge in [0.2, 0.25) is 0 Å². The third-order valence-electron chi connectivity index (χ3n) is 4.08. The Hall–Kier alpha value is -1.82. The van der Waals surface area contributed by atoms with Gasteiger partial charge in [-0.1, -0.05) is 18.0 Å². The number of nitrogens with zero attached hydrogens (tertiary/aromatic N) is 4. The number of amides is 1. The van der Waals surface area contributed by atoms with Crippen LogP contribution in [0.5, 0.6) is 0 Å². The predicted molar refractivity (Wildman–Crippen MR) is 79.2 cm³/mol. The van der Waals surface area contributed by atoms with Crippen molar-refractivity contribution in [3.05, 3.63) is 34.6 Å². The molecule has 0 aromatic carbocycles. The lowest BCUT2D eigenvalue weighted by atomic mass is 9.85. The van der Waals surface area contributed by atoms with E-state index in [1.54, 1.807) is 23.9 Å². The summed E-state index contributed by atoms with van der Waals surface area (Å²) in [5, 5.41) is 11.8. The smallest absolute Gasteiger partial charge is 0.268 e. The second-order valence-corrected chi connectivity index (χ2v) is 5.93. The fraction of sp³-hybridized carbons (Fsp3) is 0.500. The highest BCUT2D eigenvalue weighted by Crippen LogP contribution is 2.35. The maximum atomic E-state index is 12.1. The second kappa shape index (κ2) is 5.52. The predicted octanol–water partition coefficient (Wildman–Crippen LogP) is 2.00. The Balaban J connectivity index is 1.66. The molecule has 0 unspecified atom stereocenters. The number of nitrogens with one attached hydrogen (secondary N) is 1. The fourth-order valence-electron chi connectivity index (χ4n) is 2.55. The monoisotopic (exact) mass is 307 g/mol. The average Bonchev–Trinajstić information content (AvgIpc) is 2.89. The van der Waals surface area contributed by atoms with Crippen LogP contribution in [0.15, 0.2) is 12.3 Å². The highest BCUT2D eigenvalue weighted by Gasteiger charge is 2.25. The minimum Gasteiger partial charge on any atom is -0.345 e. The van der Waals surface area contributed by atoms with Gasteiger partial charge in [-0.15, -0.1) is 10.2 Å². The summed E-state index contributed by atoms with van der Waals surface area (Å²) in [6, 6.07) is 1.65. The van der Waals surface area contributed by atoms with E-state index < -0.39 is 0 Å². The quantitative estimate of drug-likeness (QED) is 0.939. The maximum Gasteiger partial charge on any atom is 0.268 e. The molecule has 2 heterocycles. The summed E-state index contributed by atoms with van der Waals surface area (Å²) in [6.07, 6.45) is 5.33. The van der Waals surface area contributed by atoms with E-state index in [1.807, 2.05) is 11.6 Å². The summed E-state index contributed by atoms with van der Waals surface area (Å²) in [5.74, 6) is 2.15. The highest BCUT2D eigenvalue weighted by atomic mass is 35.5. The van der Waals surface area contributed by atoms with E-state index in [0.29, 0.717) is 23.2 Å². The molecule has 1 fully saturated rings. The SMILES string of the molecule is Cn1cc(Cl)cc1C(=O)NCc1nnc(C2CCC2)n1C. The number of rotatable bonds is 4. The molecule has 0 bridgehead atoms. The van der Waals surface area contributed by atoms with E-state index in [1.165, 1.54) is 19.3 Å². The van der Waals surface area contributed by atoms with Gasteiger partial charge in [-0.3, -0.25) is 4.79 Å². The van der Waals surface area contributed by atoms with E-state index in [2.05, 4.69) is 15.5 Å². The molecule has 3 rings (SSSR count). The van der Waals surface area contributed by atoms with Crippen LogP contribution in [-0.4, -0.2) is 25.2 Å². The van der Waals surface area contributed by atoms with Crippen molar-refractivity contribution in [2.24, 2.45) is 14.1 Å². The van der Waals surface area contributed by atoms with Gasteiger partial charge in [-0.25, -0.2) is 0 Å². The van der Waals surface area contributed by atoms with Gasteiger partial charge < -0.3 is 14.5 Å². The van der Waals surface area contributed by atoms with Crippen molar-refractivity contribution >= 4 is 17.5 Å². The van der Waals surface area contributed by atoms with Crippen LogP contribution in [0.1, 0.15) is 47.3 Å². The van der Waals surface area contributed by atoms with Crippen LogP contribution in [0, 0.1) is 0 Å². The van der Waals surface area contributed by atoms with Crippen molar-refractivity contribution in [3.63, 3.8) is 0 Å². The first-order valence-electron chi connectivity index (χ1n) is 7.04. The van der Waals surface area contributed by atoms with Crippen LogP contribution < -0.4 is 5.32 Å². The molecule has 1 N–H and O–H groups in total. The van der Waals surface area contributed by atoms with Crippen LogP contribution in [0.3, 0.4) is 0 Å². The molecule has 1 aliphatic rings. The Morgan fingerprint density at radius 3 is 2.76 bits per heavy atom. The third-order valence-corrected chi connectivity index (χ3v) is 4.29. The van der Waals surface area contributed by atoms with Gasteiger partial charge in [0.25, 0.3) is 5.91 Å². The number of carbonyl (C=O) groups excluding carboxylic acids is 1. The lowest BCUT2D eigenvalue weighted by Crippen LogP contribution is -2.26. The van der Waals surface area contributed by atoms with Crippen molar-refractivity contribution in [3.8, 4) is 0 Å². The first-order chi connectivity index (χ1) is 10.1. The summed E-state index contributed by atoms with van der Waals surface area (Å²) >= 11 is 5.89. The fourth-order valence-corrected chi connectivity index (χ4v) is 2.80. The largest absolute Gasteiger partial charge is 0.345 e. The number of aryl methyl sites for hydroxylation is 1. The van der Waals surface area contributed by atoms with E-state index in [4.69, 9.17) is 11.6 Å². The Morgan fingerprint density at radius 1 is 1.43 bits per heavy atom. The molecule has 0 saturated heterocycles. The number of hydrogen-bond donors (Lipinski definition) is 1. The van der Waals surface area contributed by atoms with Crippen LogP contribution in [-0.2, 0) is 20.6 Å². The molecule has 1 aliphatic carbocycles. The molecule has 112 valence electrons. The Bertz CT molecular complexity index is 671. The van der Waals surface area contributed by atoms with Crippen molar-refractivity contribution < 1.29 is 4.79 Å². The number of hydrogen-bond acceptors (Lipinski definition) is 3. The van der Waals surface area contributed by atoms with E-state index in [-0.39, 0.29) is 5.91 Å². The van der Waals surface area contributed by atoms with Gasteiger partial charge >= 0.3 is 0 Å². The molecule has 1 saturated carbocycles. The van der Waals surface area contributed by atoms with E-state index in [9.17, 15) is 4.79 Å². The van der Waals surface area contributed by atoms with Gasteiger partial charge in [0, 0.05) is 26.2 Å². The summed E-state index contributed by atoms with van der Waals surface area (Å²) in [5.41, 5.74) is 0.529. The zero-order chi connectivity index (χ0) is 15.0. The number of carbonyl (C=O) groups is 1. The average molecular weight is 308 g/mol. The van der Waals surface area contributed by atoms with E-state index in [0.717, 1.165) is 11.6 Å². The van der Waals surface area contributed by atoms with Crippen molar-refractivity contribution in [2.75, 3.05) is 0 Å². The van der Waals surface area contributed by atoms with Crippen molar-refractivity contribution in [1.29, 1.82) is 0 Å². The van der Waals surface area contributed by atoms with Gasteiger partial charge in [0.05, 0.1) is 11.6 Å². The molecule has 21 heavy (non-hydrogen) atoms. The minimum atomic E-state index is -0.169. The normalized spacial score (nSPS) is 15.0. The Kier molecular flexibility index (Phi) is 3.71. The molecule has 7 heteroatoms. The first kappa shape index (κ1) is 14.1. The zero-order valence-electron chi connectivity index (χ0n) is 12.1. The first-order valence-corrected chi connectivity index (χ1v) is 7.42. The van der Waals surface area contributed by atoms with Crippen LogP contribution in [0.2, 0.25) is 5.02 Å². The zero-order valence-corrected chi connectivity index (χ0v) is 12.9. The molecular formula is C14H18ClN5O. The highest BCUT2D eigenvalue weighted by molar-refractivity contribution is 6.31. The van der Waals surface area contributed by atoms with Gasteiger partial charge in [0.15, 0.2) is 5.82 Å². The molecule has 6 nitrogen and oxygen atoms in total. The van der Waals surface area contributed by atoms with Gasteiger partial charge in [-0.2, -0.15) is 0 Å². The maximum absolute atomic E-state index is 12.1. The summed E-state index contributed by atoms with van der Waals surface area (Å²) in [4.78, 5) is 12.1. The van der Waals surface area contributed by atoms with E-state index >= 15 is 0 Å². The molecule has 0 spiro atoms. The minimum absolute atomic E-state index is 0.169. The number of halogens is 1. The summed E-state index contributed by atoms with van der Waals surface area (Å²) in [6.45, 7) is 0.359. The molecule has 0 atom stereocenters. The molecule has 2 aromatic rings. The number of aromatic nitrogens is 4. The van der Waals surface area contributed by atoms with Crippen LogP contribution in [0.25, 0.3) is 0 Å². The molecular weight excluding hydrogens is 290 g/mol. The molecule has 0 radical (unpaired) electrons. The molecule has 2 aromatic heterocycles. The summed E-state index contributed by atoms with van der Waals surface area (Å²) in [7, 11) is 3.74. The third kappa shape index (κ3) is 2.68. The molecule has 0 aliphatic heterocycles. The van der Waals surface area contributed by atoms with Crippen LogP contribution in [0.4, 0.5) is 0 Å². The molecule has 1 amide bonds. The van der Waals surface area contributed by atoms with Crippen molar-refractivity contribution in [2.45, 2.75) is 31.7 Å². The van der Waals surface area contributed by atoms with Crippen LogP contribution >= 0.6 is 11.6 Å².